The van der Waals surface area contributed by atoms with E-state index in [4.69, 9.17) is 26.4 Å². The number of nitrogens with one attached hydrogen (secondary N) is 1. The lowest BCUT2D eigenvalue weighted by Gasteiger charge is -2.29. The summed E-state index contributed by atoms with van der Waals surface area (Å²) in [6.07, 6.45) is 1.82. The van der Waals surface area contributed by atoms with E-state index in [9.17, 15) is 0 Å². The van der Waals surface area contributed by atoms with Crippen molar-refractivity contribution in [1.29, 1.82) is 0 Å². The smallest absolute Gasteiger partial charge is 0.231 e. The third-order valence-electron chi connectivity index (χ3n) is 6.85. The van der Waals surface area contributed by atoms with Crippen LogP contribution in [0.25, 0.3) is 5.69 Å². The number of rotatable bonds is 5. The summed E-state index contributed by atoms with van der Waals surface area (Å²) < 4.78 is 19.1. The minimum absolute atomic E-state index is 0.141. The van der Waals surface area contributed by atoms with Crippen molar-refractivity contribution in [2.24, 2.45) is 0 Å². The summed E-state index contributed by atoms with van der Waals surface area (Å²) in [5.74, 6) is 2.29. The minimum Gasteiger partial charge on any atom is -0.495 e. The van der Waals surface area contributed by atoms with Gasteiger partial charge in [0, 0.05) is 29.3 Å². The molecule has 2 atom stereocenters. The van der Waals surface area contributed by atoms with Crippen molar-refractivity contribution in [3.05, 3.63) is 95.6 Å². The Bertz CT molecular complexity index is 1450. The van der Waals surface area contributed by atoms with E-state index in [1.54, 1.807) is 7.11 Å². The van der Waals surface area contributed by atoms with Crippen molar-refractivity contribution in [3.8, 4) is 22.9 Å². The Morgan fingerprint density at radius 3 is 2.61 bits per heavy atom. The van der Waals surface area contributed by atoms with Crippen LogP contribution in [0.5, 0.6) is 17.2 Å². The minimum atomic E-state index is -0.144. The van der Waals surface area contributed by atoms with Crippen molar-refractivity contribution in [2.45, 2.75) is 25.9 Å². The van der Waals surface area contributed by atoms with Crippen LogP contribution in [0, 0.1) is 13.8 Å². The lowest BCUT2D eigenvalue weighted by Crippen LogP contribution is -2.30. The maximum atomic E-state index is 5.91. The van der Waals surface area contributed by atoms with Gasteiger partial charge in [0.05, 0.1) is 30.6 Å². The first-order valence-corrected chi connectivity index (χ1v) is 12.2. The van der Waals surface area contributed by atoms with Crippen molar-refractivity contribution in [2.75, 3.05) is 18.8 Å². The fourth-order valence-electron chi connectivity index (χ4n) is 5.27. The van der Waals surface area contributed by atoms with Crippen LogP contribution in [-0.4, -0.2) is 28.6 Å². The van der Waals surface area contributed by atoms with E-state index in [1.807, 2.05) is 60.8 Å². The molecule has 4 aromatic rings. The van der Waals surface area contributed by atoms with E-state index in [0.717, 1.165) is 51.3 Å². The topological polar surface area (TPSA) is 60.8 Å². The number of aromatic nitrogens is 2. The zero-order chi connectivity index (χ0) is 24.8. The quantitative estimate of drug-likeness (QED) is 0.370. The number of methoxy groups -OCH3 is 1. The first kappa shape index (κ1) is 22.4. The van der Waals surface area contributed by atoms with E-state index in [-0.39, 0.29) is 18.9 Å². The number of pyridine rings is 1. The van der Waals surface area contributed by atoms with Gasteiger partial charge in [0.2, 0.25) is 6.79 Å². The molecule has 1 N–H and O–H groups in total. The Morgan fingerprint density at radius 1 is 1.00 bits per heavy atom. The molecule has 4 heterocycles. The van der Waals surface area contributed by atoms with Crippen molar-refractivity contribution in [1.82, 2.24) is 14.9 Å². The number of nitrogens with zero attached hydrogens (tertiary/aromatic N) is 3. The molecule has 0 spiro atoms. The fourth-order valence-corrected chi connectivity index (χ4v) is 5.61. The Kier molecular flexibility index (Phi) is 5.53. The van der Waals surface area contributed by atoms with Crippen LogP contribution in [0.2, 0.25) is 0 Å². The molecular formula is C28H26N4O3S. The summed E-state index contributed by atoms with van der Waals surface area (Å²) in [6.45, 7) is 4.51. The molecule has 2 unspecified atom stereocenters. The average molecular weight is 499 g/mol. The molecule has 0 radical (unpaired) electrons. The number of aryl methyl sites for hydroxylation is 1. The van der Waals surface area contributed by atoms with Gasteiger partial charge in [-0.05, 0) is 74.1 Å². The van der Waals surface area contributed by atoms with E-state index in [1.165, 1.54) is 0 Å². The number of para-hydroxylation sites is 2. The number of benzene rings is 2. The van der Waals surface area contributed by atoms with Crippen molar-refractivity contribution in [3.63, 3.8) is 0 Å². The average Bonchev–Trinajstić information content (AvgIpc) is 3.59. The highest BCUT2D eigenvalue weighted by molar-refractivity contribution is 7.80. The summed E-state index contributed by atoms with van der Waals surface area (Å²) in [6, 6.07) is 21.9. The van der Waals surface area contributed by atoms with Crippen LogP contribution in [0.4, 0.5) is 5.69 Å². The zero-order valence-corrected chi connectivity index (χ0v) is 21.1. The van der Waals surface area contributed by atoms with Crippen LogP contribution in [0.1, 0.15) is 34.7 Å². The summed E-state index contributed by atoms with van der Waals surface area (Å²) >= 11 is 5.91. The summed E-state index contributed by atoms with van der Waals surface area (Å²) in [5.41, 5.74) is 6.23. The van der Waals surface area contributed by atoms with Crippen molar-refractivity contribution >= 4 is 23.0 Å². The number of hydrogen-bond donors (Lipinski definition) is 1. The number of thiocarbonyl (C=S) groups is 1. The number of hydrogen-bond acceptors (Lipinski definition) is 5. The second kappa shape index (κ2) is 8.87. The van der Waals surface area contributed by atoms with Crippen LogP contribution in [0.3, 0.4) is 0 Å². The Balaban J connectivity index is 1.52. The number of anilines is 1. The molecule has 8 heteroatoms. The Hall–Kier alpha value is -4.04. The van der Waals surface area contributed by atoms with Gasteiger partial charge in [-0.3, -0.25) is 4.98 Å². The van der Waals surface area contributed by atoms with Crippen LogP contribution < -0.4 is 24.4 Å². The van der Waals surface area contributed by atoms with Crippen LogP contribution in [-0.2, 0) is 0 Å². The number of fused-ring (bicyclic) bond motifs is 1. The predicted molar refractivity (Wildman–Crippen MR) is 142 cm³/mol. The maximum absolute atomic E-state index is 5.91. The third-order valence-corrected chi connectivity index (χ3v) is 7.16. The highest BCUT2D eigenvalue weighted by atomic mass is 32.1. The molecule has 182 valence electrons. The molecule has 0 amide bonds. The molecule has 36 heavy (non-hydrogen) atoms. The van der Waals surface area contributed by atoms with Gasteiger partial charge >= 0.3 is 0 Å². The van der Waals surface area contributed by atoms with Gasteiger partial charge in [0.15, 0.2) is 16.6 Å². The standard InChI is InChI=1S/C28H26N4O3S/c1-17-14-20(18(2)31(17)19-11-12-24-25(15-19)35-16-34-24)27-26(21-8-6-7-13-29-21)30-28(36)32(27)22-9-4-5-10-23(22)33-3/h4-15,26-27H,16H2,1-3H3,(H,30,36). The molecule has 1 fully saturated rings. The van der Waals surface area contributed by atoms with E-state index in [0.29, 0.717) is 5.11 Å². The largest absolute Gasteiger partial charge is 0.495 e. The van der Waals surface area contributed by atoms with Gasteiger partial charge in [-0.1, -0.05) is 18.2 Å². The molecule has 0 bridgehead atoms. The monoisotopic (exact) mass is 498 g/mol. The Labute approximate surface area is 215 Å². The van der Waals surface area contributed by atoms with Crippen molar-refractivity contribution < 1.29 is 14.2 Å². The lowest BCUT2D eigenvalue weighted by molar-refractivity contribution is 0.174. The summed E-state index contributed by atoms with van der Waals surface area (Å²) in [5, 5.41) is 4.17. The van der Waals surface area contributed by atoms with Gasteiger partial charge < -0.3 is 29.0 Å². The Morgan fingerprint density at radius 2 is 1.81 bits per heavy atom. The second-order valence-corrected chi connectivity index (χ2v) is 9.25. The molecular weight excluding hydrogens is 472 g/mol. The van der Waals surface area contributed by atoms with Gasteiger partial charge in [-0.2, -0.15) is 0 Å². The van der Waals surface area contributed by atoms with E-state index >= 15 is 0 Å². The molecule has 1 saturated heterocycles. The van der Waals surface area contributed by atoms with Gasteiger partial charge in [0.25, 0.3) is 0 Å². The third kappa shape index (κ3) is 3.56. The first-order valence-electron chi connectivity index (χ1n) is 11.8. The SMILES string of the molecule is COc1ccccc1N1C(=S)NC(c2ccccn2)C1c1cc(C)n(-c2ccc3c(c2)OCO3)c1C. The first-order chi connectivity index (χ1) is 17.6. The molecule has 2 aliphatic heterocycles. The molecule has 6 rings (SSSR count). The van der Waals surface area contributed by atoms with E-state index < -0.39 is 0 Å². The van der Waals surface area contributed by atoms with Gasteiger partial charge in [-0.15, -0.1) is 0 Å². The zero-order valence-electron chi connectivity index (χ0n) is 20.3. The molecule has 2 aromatic heterocycles. The predicted octanol–water partition coefficient (Wildman–Crippen LogP) is 5.40. The normalized spacial score (nSPS) is 18.4. The fraction of sp³-hybridized carbons (Fsp3) is 0.214. The van der Waals surface area contributed by atoms with E-state index in [2.05, 4.69) is 45.7 Å². The van der Waals surface area contributed by atoms with Crippen LogP contribution >= 0.6 is 12.2 Å². The van der Waals surface area contributed by atoms with Gasteiger partial charge in [0.1, 0.15) is 5.75 Å². The second-order valence-electron chi connectivity index (χ2n) is 8.87. The molecule has 0 aliphatic carbocycles. The highest BCUT2D eigenvalue weighted by Gasteiger charge is 2.43. The molecule has 2 aliphatic rings. The molecule has 7 nitrogen and oxygen atoms in total. The summed E-state index contributed by atoms with van der Waals surface area (Å²) in [4.78, 5) is 6.83. The highest BCUT2D eigenvalue weighted by Crippen LogP contribution is 2.46. The summed E-state index contributed by atoms with van der Waals surface area (Å²) in [7, 11) is 1.68. The molecule has 2 aromatic carbocycles. The van der Waals surface area contributed by atoms with Gasteiger partial charge in [-0.25, -0.2) is 0 Å². The number of ether oxygens (including phenoxy) is 3. The molecule has 0 saturated carbocycles. The van der Waals surface area contributed by atoms with Crippen LogP contribution in [0.15, 0.2) is 72.9 Å². The maximum Gasteiger partial charge on any atom is 0.231 e. The lowest BCUT2D eigenvalue weighted by atomic mass is 9.96.